The molecule has 0 radical (unpaired) electrons. The van der Waals surface area contributed by atoms with Crippen molar-refractivity contribution in [2.75, 3.05) is 11.4 Å². The summed E-state index contributed by atoms with van der Waals surface area (Å²) in [6, 6.07) is 14.0. The third kappa shape index (κ3) is 4.26. The quantitative estimate of drug-likeness (QED) is 0.653. The topological polar surface area (TPSA) is 55.8 Å². The average molecular weight is 422 g/mol. The van der Waals surface area contributed by atoms with E-state index < -0.39 is 23.6 Å². The Morgan fingerprint density at radius 1 is 1.18 bits per heavy atom. The fourth-order valence-electron chi connectivity index (χ4n) is 3.10. The lowest BCUT2D eigenvalue weighted by Gasteiger charge is -2.25. The summed E-state index contributed by atoms with van der Waals surface area (Å²) in [6.07, 6.45) is -1.86. The minimum absolute atomic E-state index is 0.252. The van der Waals surface area contributed by atoms with Crippen molar-refractivity contribution in [1.82, 2.24) is 0 Å². The van der Waals surface area contributed by atoms with Gasteiger partial charge in [-0.2, -0.15) is 0 Å². The Hall–Kier alpha value is -2.24. The zero-order valence-corrected chi connectivity index (χ0v) is 17.3. The predicted molar refractivity (Wildman–Crippen MR) is 109 cm³/mol. The molecule has 2 aromatic rings. The van der Waals surface area contributed by atoms with Crippen LogP contribution in [0.4, 0.5) is 5.69 Å². The molecule has 1 saturated heterocycles. The Labute approximate surface area is 174 Å². The molecular formula is C21H21Cl2NO4. The lowest BCUT2D eigenvalue weighted by atomic mass is 9.89. The molecule has 1 amide bonds. The number of carbonyl (C=O) groups excluding carboxylic acids is 2. The van der Waals surface area contributed by atoms with E-state index in [1.165, 1.54) is 6.07 Å². The Bertz CT molecular complexity index is 885. The summed E-state index contributed by atoms with van der Waals surface area (Å²) in [5.74, 6) is -0.614. The number of carbonyl (C=O) groups is 2. The summed E-state index contributed by atoms with van der Waals surface area (Å²) in [5, 5.41) is 0.766. The third-order valence-electron chi connectivity index (χ3n) is 4.60. The van der Waals surface area contributed by atoms with Gasteiger partial charge in [0.1, 0.15) is 5.75 Å². The molecule has 1 unspecified atom stereocenters. The number of anilines is 1. The minimum atomic E-state index is -0.953. The van der Waals surface area contributed by atoms with Crippen molar-refractivity contribution < 1.29 is 19.1 Å². The highest BCUT2D eigenvalue weighted by Crippen LogP contribution is 2.36. The summed E-state index contributed by atoms with van der Waals surface area (Å²) in [5.41, 5.74) is 0.227. The van der Waals surface area contributed by atoms with Crippen LogP contribution in [-0.2, 0) is 14.3 Å². The van der Waals surface area contributed by atoms with Gasteiger partial charge in [0.25, 0.3) is 5.91 Å². The number of ether oxygens (including phenoxy) is 2. The van der Waals surface area contributed by atoms with Crippen molar-refractivity contribution in [3.05, 3.63) is 58.6 Å². The van der Waals surface area contributed by atoms with Gasteiger partial charge >= 0.3 is 5.97 Å². The van der Waals surface area contributed by atoms with Crippen LogP contribution < -0.4 is 9.64 Å². The summed E-state index contributed by atoms with van der Waals surface area (Å²) in [6.45, 7) is 5.78. The average Bonchev–Trinajstić information content (AvgIpc) is 2.88. The van der Waals surface area contributed by atoms with Gasteiger partial charge in [0, 0.05) is 28.7 Å². The van der Waals surface area contributed by atoms with Crippen LogP contribution >= 0.6 is 23.2 Å². The molecule has 0 N–H and O–H groups in total. The molecule has 0 bridgehead atoms. The number of hydrogen-bond acceptors (Lipinski definition) is 4. The zero-order valence-electron chi connectivity index (χ0n) is 15.8. The van der Waals surface area contributed by atoms with Crippen molar-refractivity contribution in [3.8, 4) is 5.75 Å². The number of halogens is 2. The maximum absolute atomic E-state index is 12.9. The van der Waals surface area contributed by atoms with Gasteiger partial charge in [-0.15, -0.1) is 0 Å². The molecule has 2 aromatic carbocycles. The van der Waals surface area contributed by atoms with Crippen LogP contribution in [0, 0.1) is 5.41 Å². The highest BCUT2D eigenvalue weighted by molar-refractivity contribution is 6.34. The van der Waals surface area contributed by atoms with Crippen molar-refractivity contribution in [2.45, 2.75) is 33.0 Å². The normalized spacial score (nSPS) is 19.4. The molecule has 2 atom stereocenters. The Morgan fingerprint density at radius 3 is 2.54 bits per heavy atom. The van der Waals surface area contributed by atoms with E-state index in [-0.39, 0.29) is 11.7 Å². The molecular weight excluding hydrogens is 401 g/mol. The fraction of sp³-hybridized carbons (Fsp3) is 0.333. The highest BCUT2D eigenvalue weighted by Gasteiger charge is 2.49. The molecule has 1 fully saturated rings. The first-order chi connectivity index (χ1) is 13.2. The van der Waals surface area contributed by atoms with Crippen LogP contribution in [0.15, 0.2) is 48.5 Å². The van der Waals surface area contributed by atoms with Gasteiger partial charge in [-0.3, -0.25) is 4.79 Å². The van der Waals surface area contributed by atoms with Crippen LogP contribution in [0.2, 0.25) is 10.0 Å². The molecule has 0 aliphatic carbocycles. The smallest absolute Gasteiger partial charge is 0.347 e. The van der Waals surface area contributed by atoms with Gasteiger partial charge < -0.3 is 14.4 Å². The van der Waals surface area contributed by atoms with Gasteiger partial charge in [-0.1, -0.05) is 55.2 Å². The molecule has 0 aromatic heterocycles. The second kappa shape index (κ2) is 8.02. The van der Waals surface area contributed by atoms with Crippen molar-refractivity contribution in [3.63, 3.8) is 0 Å². The lowest BCUT2D eigenvalue weighted by Crippen LogP contribution is -2.39. The summed E-state index contributed by atoms with van der Waals surface area (Å²) in [7, 11) is 0. The van der Waals surface area contributed by atoms with Gasteiger partial charge in [0.05, 0.1) is 5.02 Å². The van der Waals surface area contributed by atoms with E-state index in [1.807, 2.05) is 44.2 Å². The van der Waals surface area contributed by atoms with E-state index in [9.17, 15) is 9.59 Å². The lowest BCUT2D eigenvalue weighted by molar-refractivity contribution is -0.164. The Morgan fingerprint density at radius 2 is 1.86 bits per heavy atom. The molecule has 0 saturated carbocycles. The first-order valence-corrected chi connectivity index (χ1v) is 9.63. The Balaban J connectivity index is 1.72. The molecule has 1 aliphatic rings. The van der Waals surface area contributed by atoms with E-state index in [1.54, 1.807) is 24.0 Å². The molecule has 7 heteroatoms. The van der Waals surface area contributed by atoms with Crippen molar-refractivity contribution in [2.24, 2.45) is 5.41 Å². The predicted octanol–water partition coefficient (Wildman–Crippen LogP) is 4.75. The largest absolute Gasteiger partial charge is 0.477 e. The molecule has 28 heavy (non-hydrogen) atoms. The standard InChI is InChI=1S/C21H21Cl2NO4/c1-13(27-17-11-14(22)9-10-16(17)23)20(26)28-18-19(25)24(12-21(18,2)3)15-7-5-4-6-8-15/h4-11,13,18H,12H2,1-3H3/t13?,18-/m0/s1. The summed E-state index contributed by atoms with van der Waals surface area (Å²) >= 11 is 12.0. The van der Waals surface area contributed by atoms with Gasteiger partial charge in [0.2, 0.25) is 0 Å². The van der Waals surface area contributed by atoms with Crippen molar-refractivity contribution in [1.29, 1.82) is 0 Å². The first kappa shape index (κ1) is 20.5. The summed E-state index contributed by atoms with van der Waals surface area (Å²) in [4.78, 5) is 27.1. The van der Waals surface area contributed by atoms with Crippen LogP contribution in [0.1, 0.15) is 20.8 Å². The van der Waals surface area contributed by atoms with Crippen LogP contribution in [0.3, 0.4) is 0 Å². The number of hydrogen-bond donors (Lipinski definition) is 0. The van der Waals surface area contributed by atoms with Crippen molar-refractivity contribution >= 4 is 40.8 Å². The highest BCUT2D eigenvalue weighted by atomic mass is 35.5. The van der Waals surface area contributed by atoms with Gasteiger partial charge in [-0.25, -0.2) is 4.79 Å². The van der Waals surface area contributed by atoms with E-state index in [2.05, 4.69) is 0 Å². The van der Waals surface area contributed by atoms with E-state index >= 15 is 0 Å². The molecule has 1 aliphatic heterocycles. The van der Waals surface area contributed by atoms with E-state index in [4.69, 9.17) is 32.7 Å². The number of amides is 1. The molecule has 0 spiro atoms. The van der Waals surface area contributed by atoms with Gasteiger partial charge in [0.15, 0.2) is 12.2 Å². The number of nitrogens with zero attached hydrogens (tertiary/aromatic N) is 1. The number of esters is 1. The third-order valence-corrected chi connectivity index (χ3v) is 5.14. The molecule has 148 valence electrons. The van der Waals surface area contributed by atoms with Crippen LogP contribution in [-0.4, -0.2) is 30.6 Å². The van der Waals surface area contributed by atoms with Crippen LogP contribution in [0.5, 0.6) is 5.75 Å². The van der Waals surface area contributed by atoms with Gasteiger partial charge in [-0.05, 0) is 31.2 Å². The monoisotopic (exact) mass is 421 g/mol. The fourth-order valence-corrected chi connectivity index (χ4v) is 3.42. The maximum Gasteiger partial charge on any atom is 0.347 e. The van der Waals surface area contributed by atoms with E-state index in [0.717, 1.165) is 5.69 Å². The minimum Gasteiger partial charge on any atom is -0.477 e. The molecule has 3 rings (SSSR count). The number of rotatable bonds is 5. The maximum atomic E-state index is 12.9. The van der Waals surface area contributed by atoms with E-state index in [0.29, 0.717) is 16.6 Å². The molecule has 1 heterocycles. The zero-order chi connectivity index (χ0) is 20.5. The van der Waals surface area contributed by atoms with Crippen LogP contribution in [0.25, 0.3) is 0 Å². The second-order valence-electron chi connectivity index (χ2n) is 7.40. The first-order valence-electron chi connectivity index (χ1n) is 8.87. The second-order valence-corrected chi connectivity index (χ2v) is 8.24. The number of para-hydroxylation sites is 1. The SMILES string of the molecule is CC(Oc1cc(Cl)ccc1Cl)C(=O)O[C@H]1C(=O)N(c2ccccc2)CC1(C)C. The molecule has 5 nitrogen and oxygen atoms in total. The summed E-state index contributed by atoms with van der Waals surface area (Å²) < 4.78 is 11.2. The number of benzene rings is 2. The Kier molecular flexibility index (Phi) is 5.87.